The fourth-order valence-electron chi connectivity index (χ4n) is 2.31. The Hall–Kier alpha value is -2.01. The van der Waals surface area contributed by atoms with Gasteiger partial charge in [-0.3, -0.25) is 0 Å². The number of benzene rings is 1. The van der Waals surface area contributed by atoms with Gasteiger partial charge in [0.2, 0.25) is 5.89 Å². The summed E-state index contributed by atoms with van der Waals surface area (Å²) in [6, 6.07) is 7.83. The normalized spacial score (nSPS) is 13.6. The maximum atomic E-state index is 6.27. The Balaban J connectivity index is 2.08. The molecule has 0 saturated heterocycles. The highest BCUT2D eigenvalue weighted by Crippen LogP contribution is 2.23. The molecule has 136 valence electrons. The van der Waals surface area contributed by atoms with Gasteiger partial charge in [-0.25, -0.2) is 9.98 Å². The summed E-state index contributed by atoms with van der Waals surface area (Å²) in [5.74, 6) is 2.16. The molecule has 6 heteroatoms. The van der Waals surface area contributed by atoms with E-state index < -0.39 is 0 Å². The van der Waals surface area contributed by atoms with E-state index in [0.29, 0.717) is 18.4 Å². The summed E-state index contributed by atoms with van der Waals surface area (Å²) in [4.78, 5) is 8.89. The van der Waals surface area contributed by atoms with E-state index in [0.717, 1.165) is 22.9 Å². The number of hydrogen-bond donors (Lipinski definition) is 2. The fraction of sp³-hybridized carbons (Fsp3) is 0.474. The summed E-state index contributed by atoms with van der Waals surface area (Å²) >= 11 is 6.27. The van der Waals surface area contributed by atoms with Crippen molar-refractivity contribution in [1.29, 1.82) is 0 Å². The minimum atomic E-state index is -0.0592. The van der Waals surface area contributed by atoms with E-state index in [1.807, 2.05) is 31.2 Å². The average molecular weight is 363 g/mol. The molecule has 0 radical (unpaired) electrons. The van der Waals surface area contributed by atoms with Crippen LogP contribution in [0.2, 0.25) is 5.02 Å². The van der Waals surface area contributed by atoms with E-state index >= 15 is 0 Å². The maximum Gasteiger partial charge on any atom is 0.216 e. The molecule has 0 amide bonds. The molecule has 1 aromatic carbocycles. The highest BCUT2D eigenvalue weighted by molar-refractivity contribution is 6.31. The van der Waals surface area contributed by atoms with Gasteiger partial charge in [0.15, 0.2) is 5.96 Å². The lowest BCUT2D eigenvalue weighted by molar-refractivity contribution is 0.383. The molecule has 2 rings (SSSR count). The van der Waals surface area contributed by atoms with Crippen molar-refractivity contribution >= 4 is 17.6 Å². The van der Waals surface area contributed by atoms with Crippen molar-refractivity contribution in [2.24, 2.45) is 4.99 Å². The molecular weight excluding hydrogens is 336 g/mol. The van der Waals surface area contributed by atoms with Gasteiger partial charge in [-0.2, -0.15) is 0 Å². The first-order chi connectivity index (χ1) is 11.8. The molecule has 0 spiro atoms. The first kappa shape index (κ1) is 19.3. The summed E-state index contributed by atoms with van der Waals surface area (Å²) in [6.07, 6.45) is 1.78. The van der Waals surface area contributed by atoms with Crippen molar-refractivity contribution in [2.75, 3.05) is 6.54 Å². The van der Waals surface area contributed by atoms with Crippen LogP contribution in [0.15, 0.2) is 39.9 Å². The van der Waals surface area contributed by atoms with Crippen LogP contribution in [0.1, 0.15) is 57.9 Å². The van der Waals surface area contributed by atoms with E-state index in [4.69, 9.17) is 16.0 Å². The number of halogens is 1. The summed E-state index contributed by atoms with van der Waals surface area (Å²) < 4.78 is 5.79. The molecule has 1 atom stereocenters. The summed E-state index contributed by atoms with van der Waals surface area (Å²) in [7, 11) is 0. The smallest absolute Gasteiger partial charge is 0.216 e. The Morgan fingerprint density at radius 2 is 2.04 bits per heavy atom. The first-order valence-electron chi connectivity index (χ1n) is 8.55. The van der Waals surface area contributed by atoms with Gasteiger partial charge in [-0.1, -0.05) is 50.6 Å². The Morgan fingerprint density at radius 3 is 2.64 bits per heavy atom. The number of rotatable bonds is 5. The highest BCUT2D eigenvalue weighted by atomic mass is 35.5. The molecule has 1 aromatic heterocycles. The second-order valence-corrected chi connectivity index (χ2v) is 7.36. The largest absolute Gasteiger partial charge is 0.443 e. The first-order valence-corrected chi connectivity index (χ1v) is 8.93. The van der Waals surface area contributed by atoms with Gasteiger partial charge in [-0.05, 0) is 25.5 Å². The fourth-order valence-corrected chi connectivity index (χ4v) is 2.61. The van der Waals surface area contributed by atoms with Crippen LogP contribution in [0.4, 0.5) is 0 Å². The van der Waals surface area contributed by atoms with Crippen molar-refractivity contribution < 1.29 is 4.42 Å². The average Bonchev–Trinajstić information content (AvgIpc) is 3.02. The van der Waals surface area contributed by atoms with Crippen molar-refractivity contribution in [3.05, 3.63) is 52.7 Å². The number of nitrogens with zero attached hydrogens (tertiary/aromatic N) is 2. The lowest BCUT2D eigenvalue weighted by Gasteiger charge is -2.19. The quantitative estimate of drug-likeness (QED) is 0.609. The standard InChI is InChI=1S/C19H27ClN4O/c1-6-21-18(24-13(2)14-9-7-8-10-15(14)20)23-12-17-22-11-16(25-17)19(3,4)5/h7-11,13H,6,12H2,1-5H3,(H2,21,23,24). The Kier molecular flexibility index (Phi) is 6.48. The number of hydrogen-bond acceptors (Lipinski definition) is 3. The summed E-state index contributed by atoms with van der Waals surface area (Å²) in [6.45, 7) is 11.5. The van der Waals surface area contributed by atoms with E-state index in [1.54, 1.807) is 6.20 Å². The second-order valence-electron chi connectivity index (χ2n) is 6.95. The molecule has 0 fully saturated rings. The monoisotopic (exact) mass is 362 g/mol. The molecule has 1 unspecified atom stereocenters. The van der Waals surface area contributed by atoms with Gasteiger partial charge in [0, 0.05) is 17.0 Å². The number of oxazole rings is 1. The molecule has 0 saturated carbocycles. The topological polar surface area (TPSA) is 62.5 Å². The van der Waals surface area contributed by atoms with Gasteiger partial charge >= 0.3 is 0 Å². The molecule has 25 heavy (non-hydrogen) atoms. The molecule has 0 aliphatic carbocycles. The van der Waals surface area contributed by atoms with Crippen molar-refractivity contribution in [1.82, 2.24) is 15.6 Å². The van der Waals surface area contributed by atoms with E-state index in [1.165, 1.54) is 0 Å². The highest BCUT2D eigenvalue weighted by Gasteiger charge is 2.19. The van der Waals surface area contributed by atoms with Crippen LogP contribution >= 0.6 is 11.6 Å². The molecule has 0 aliphatic heterocycles. The van der Waals surface area contributed by atoms with Crippen molar-refractivity contribution in [2.45, 2.75) is 52.6 Å². The predicted molar refractivity (Wildman–Crippen MR) is 103 cm³/mol. The Labute approximate surface area is 154 Å². The minimum Gasteiger partial charge on any atom is -0.443 e. The number of aromatic nitrogens is 1. The number of nitrogens with one attached hydrogen (secondary N) is 2. The zero-order chi connectivity index (χ0) is 18.4. The molecule has 2 N–H and O–H groups in total. The second kappa shape index (κ2) is 8.39. The molecule has 5 nitrogen and oxygen atoms in total. The third-order valence-electron chi connectivity index (χ3n) is 3.73. The van der Waals surface area contributed by atoms with Gasteiger partial charge in [0.1, 0.15) is 12.3 Å². The van der Waals surface area contributed by atoms with Crippen LogP contribution in [0, 0.1) is 0 Å². The third-order valence-corrected chi connectivity index (χ3v) is 4.08. The Morgan fingerprint density at radius 1 is 1.32 bits per heavy atom. The Bertz CT molecular complexity index is 718. The van der Waals surface area contributed by atoms with E-state index in [-0.39, 0.29) is 11.5 Å². The van der Waals surface area contributed by atoms with Crippen molar-refractivity contribution in [3.63, 3.8) is 0 Å². The number of aliphatic imine (C=N–C) groups is 1. The van der Waals surface area contributed by atoms with E-state index in [9.17, 15) is 0 Å². The van der Waals surface area contributed by atoms with Crippen molar-refractivity contribution in [3.8, 4) is 0 Å². The van der Waals surface area contributed by atoms with Crippen LogP contribution in [-0.2, 0) is 12.0 Å². The van der Waals surface area contributed by atoms with E-state index in [2.05, 4.69) is 48.3 Å². The lowest BCUT2D eigenvalue weighted by Crippen LogP contribution is -2.38. The third kappa shape index (κ3) is 5.49. The minimum absolute atomic E-state index is 0.0289. The molecule has 0 bridgehead atoms. The van der Waals surface area contributed by atoms with Gasteiger partial charge in [0.05, 0.1) is 12.2 Å². The van der Waals surface area contributed by atoms with Crippen LogP contribution in [0.3, 0.4) is 0 Å². The zero-order valence-corrected chi connectivity index (χ0v) is 16.3. The molecular formula is C19H27ClN4O. The van der Waals surface area contributed by atoms with Crippen LogP contribution in [-0.4, -0.2) is 17.5 Å². The van der Waals surface area contributed by atoms with Gasteiger partial charge < -0.3 is 15.1 Å². The lowest BCUT2D eigenvalue weighted by atomic mass is 9.94. The molecule has 2 aromatic rings. The molecule has 1 heterocycles. The van der Waals surface area contributed by atoms with Gasteiger partial charge in [-0.15, -0.1) is 0 Å². The maximum absolute atomic E-state index is 6.27. The SMILES string of the molecule is CCNC(=NCc1ncc(C(C)(C)C)o1)NC(C)c1ccccc1Cl. The zero-order valence-electron chi connectivity index (χ0n) is 15.6. The predicted octanol–water partition coefficient (Wildman–Crippen LogP) is 4.44. The van der Waals surface area contributed by atoms with Crippen LogP contribution in [0.25, 0.3) is 0 Å². The summed E-state index contributed by atoms with van der Waals surface area (Å²) in [5.41, 5.74) is 0.969. The van der Waals surface area contributed by atoms with Crippen LogP contribution in [0.5, 0.6) is 0 Å². The van der Waals surface area contributed by atoms with Gasteiger partial charge in [0.25, 0.3) is 0 Å². The van der Waals surface area contributed by atoms with Crippen LogP contribution < -0.4 is 10.6 Å². The number of guanidine groups is 1. The summed E-state index contributed by atoms with van der Waals surface area (Å²) in [5, 5.41) is 7.34. The molecule has 0 aliphatic rings.